The van der Waals surface area contributed by atoms with Crippen molar-refractivity contribution < 1.29 is 9.59 Å². The first-order valence-electron chi connectivity index (χ1n) is 10.4. The Morgan fingerprint density at radius 3 is 2.18 bits per heavy atom. The molecule has 156 valence electrons. The molecule has 0 saturated carbocycles. The normalized spacial score (nSPS) is 17.8. The van der Waals surface area contributed by atoms with E-state index in [0.29, 0.717) is 12.1 Å². The van der Waals surface area contributed by atoms with E-state index in [1.807, 2.05) is 38.1 Å². The van der Waals surface area contributed by atoms with Crippen LogP contribution in [-0.4, -0.2) is 37.5 Å². The maximum absolute atomic E-state index is 12.8. The van der Waals surface area contributed by atoms with Gasteiger partial charge in [-0.15, -0.1) is 0 Å². The van der Waals surface area contributed by atoms with Crippen molar-refractivity contribution in [1.29, 1.82) is 0 Å². The summed E-state index contributed by atoms with van der Waals surface area (Å²) >= 11 is 0. The molecule has 5 nitrogen and oxygen atoms in total. The summed E-state index contributed by atoms with van der Waals surface area (Å²) in [4.78, 5) is 25.5. The Labute approximate surface area is 170 Å². The molecule has 1 aromatic rings. The van der Waals surface area contributed by atoms with Crippen molar-refractivity contribution in [2.45, 2.75) is 65.8 Å². The van der Waals surface area contributed by atoms with E-state index >= 15 is 0 Å². The first-order chi connectivity index (χ1) is 13.0. The molecule has 1 aliphatic rings. The number of amides is 2. The molecule has 1 atom stereocenters. The summed E-state index contributed by atoms with van der Waals surface area (Å²) in [5.74, 6) is -0.296. The quantitative estimate of drug-likeness (QED) is 0.702. The predicted molar refractivity (Wildman–Crippen MR) is 114 cm³/mol. The van der Waals surface area contributed by atoms with Gasteiger partial charge in [0.05, 0.1) is 0 Å². The van der Waals surface area contributed by atoms with Crippen LogP contribution in [0.15, 0.2) is 24.3 Å². The Hall–Kier alpha value is -1.88. The van der Waals surface area contributed by atoms with Crippen LogP contribution in [0, 0.1) is 11.3 Å². The van der Waals surface area contributed by atoms with Gasteiger partial charge in [-0.25, -0.2) is 0 Å². The van der Waals surface area contributed by atoms with Crippen LogP contribution in [0.2, 0.25) is 0 Å². The highest BCUT2D eigenvalue weighted by Gasteiger charge is 2.30. The lowest BCUT2D eigenvalue weighted by Gasteiger charge is -2.35. The second kappa shape index (κ2) is 9.08. The average molecular weight is 388 g/mol. The van der Waals surface area contributed by atoms with Crippen molar-refractivity contribution in [1.82, 2.24) is 16.0 Å². The van der Waals surface area contributed by atoms with Gasteiger partial charge in [0, 0.05) is 12.1 Å². The van der Waals surface area contributed by atoms with E-state index in [2.05, 4.69) is 43.6 Å². The van der Waals surface area contributed by atoms with Crippen LogP contribution >= 0.6 is 0 Å². The highest BCUT2D eigenvalue weighted by atomic mass is 16.2. The lowest BCUT2D eigenvalue weighted by atomic mass is 9.81. The molecular formula is C23H37N3O2. The molecule has 1 aliphatic heterocycles. The first kappa shape index (κ1) is 22.4. The standard InChI is InChI=1S/C23H37N3O2/c1-16(2)19(21(28)25-15-23(6)11-13-24-14-12-23)26-20(27)17-7-9-18(10-8-17)22(3,4)5/h7-10,16,19,24H,11-15H2,1-6H3,(H,25,28)(H,26,27). The fourth-order valence-electron chi connectivity index (χ4n) is 3.50. The Morgan fingerprint density at radius 1 is 1.11 bits per heavy atom. The number of rotatable bonds is 6. The minimum Gasteiger partial charge on any atom is -0.354 e. The largest absolute Gasteiger partial charge is 0.354 e. The molecule has 2 amide bonds. The summed E-state index contributed by atoms with van der Waals surface area (Å²) in [7, 11) is 0. The SMILES string of the molecule is CC(C)C(NC(=O)c1ccc(C(C)(C)C)cc1)C(=O)NCC1(C)CCNCC1. The third-order valence-electron chi connectivity index (χ3n) is 5.75. The summed E-state index contributed by atoms with van der Waals surface area (Å²) in [6.45, 7) is 15.2. The van der Waals surface area contributed by atoms with Crippen LogP contribution in [0.5, 0.6) is 0 Å². The van der Waals surface area contributed by atoms with Gasteiger partial charge >= 0.3 is 0 Å². The molecule has 2 rings (SSSR count). The zero-order valence-electron chi connectivity index (χ0n) is 18.3. The van der Waals surface area contributed by atoms with Gasteiger partial charge in [0.2, 0.25) is 5.91 Å². The highest BCUT2D eigenvalue weighted by Crippen LogP contribution is 2.26. The lowest BCUT2D eigenvalue weighted by molar-refractivity contribution is -0.124. The number of carbonyl (C=O) groups excluding carboxylic acids is 2. The molecule has 0 aromatic heterocycles. The summed E-state index contributed by atoms with van der Waals surface area (Å²) in [6, 6.07) is 7.09. The molecule has 1 fully saturated rings. The van der Waals surface area contributed by atoms with Crippen LogP contribution in [0.3, 0.4) is 0 Å². The second-order valence-corrected chi connectivity index (χ2v) is 9.80. The van der Waals surface area contributed by atoms with Crippen molar-refractivity contribution in [3.63, 3.8) is 0 Å². The third kappa shape index (κ3) is 6.06. The minimum atomic E-state index is -0.542. The van der Waals surface area contributed by atoms with Gasteiger partial charge < -0.3 is 16.0 Å². The fourth-order valence-corrected chi connectivity index (χ4v) is 3.50. The summed E-state index contributed by atoms with van der Waals surface area (Å²) < 4.78 is 0. The van der Waals surface area contributed by atoms with Crippen LogP contribution in [0.1, 0.15) is 70.3 Å². The third-order valence-corrected chi connectivity index (χ3v) is 5.75. The number of hydrogen-bond donors (Lipinski definition) is 3. The van der Waals surface area contributed by atoms with Gasteiger partial charge in [-0.3, -0.25) is 9.59 Å². The Balaban J connectivity index is 1.99. The molecule has 1 heterocycles. The molecule has 3 N–H and O–H groups in total. The number of hydrogen-bond acceptors (Lipinski definition) is 3. The van der Waals surface area contributed by atoms with Gasteiger partial charge in [-0.1, -0.05) is 53.7 Å². The molecule has 0 spiro atoms. The summed E-state index contributed by atoms with van der Waals surface area (Å²) in [5, 5.41) is 9.36. The van der Waals surface area contributed by atoms with Crippen LogP contribution < -0.4 is 16.0 Å². The van der Waals surface area contributed by atoms with Crippen molar-refractivity contribution in [3.8, 4) is 0 Å². The molecule has 28 heavy (non-hydrogen) atoms. The Bertz CT molecular complexity index is 668. The monoisotopic (exact) mass is 387 g/mol. The molecule has 1 saturated heterocycles. The van der Waals surface area contributed by atoms with E-state index in [1.165, 1.54) is 5.56 Å². The maximum Gasteiger partial charge on any atom is 0.251 e. The van der Waals surface area contributed by atoms with E-state index in [1.54, 1.807) is 0 Å². The second-order valence-electron chi connectivity index (χ2n) is 9.80. The molecule has 0 bridgehead atoms. The Morgan fingerprint density at radius 2 is 1.68 bits per heavy atom. The molecule has 1 unspecified atom stereocenters. The van der Waals surface area contributed by atoms with Gasteiger partial charge in [-0.2, -0.15) is 0 Å². The minimum absolute atomic E-state index is 0.0126. The van der Waals surface area contributed by atoms with E-state index in [0.717, 1.165) is 25.9 Å². The molecule has 0 aliphatic carbocycles. The van der Waals surface area contributed by atoms with E-state index in [-0.39, 0.29) is 28.6 Å². The van der Waals surface area contributed by atoms with Crippen molar-refractivity contribution in [2.75, 3.05) is 19.6 Å². The predicted octanol–water partition coefficient (Wildman–Crippen LogP) is 3.24. The van der Waals surface area contributed by atoms with Gasteiger partial charge in [-0.05, 0) is 60.4 Å². The topological polar surface area (TPSA) is 70.2 Å². The van der Waals surface area contributed by atoms with E-state index in [4.69, 9.17) is 0 Å². The van der Waals surface area contributed by atoms with Gasteiger partial charge in [0.25, 0.3) is 5.91 Å². The van der Waals surface area contributed by atoms with Crippen molar-refractivity contribution >= 4 is 11.8 Å². The molecule has 0 radical (unpaired) electrons. The van der Waals surface area contributed by atoms with Crippen molar-refractivity contribution in [3.05, 3.63) is 35.4 Å². The number of piperidine rings is 1. The van der Waals surface area contributed by atoms with Crippen LogP contribution in [0.4, 0.5) is 0 Å². The van der Waals surface area contributed by atoms with Crippen LogP contribution in [-0.2, 0) is 10.2 Å². The summed E-state index contributed by atoms with van der Waals surface area (Å²) in [6.07, 6.45) is 2.10. The lowest BCUT2D eigenvalue weighted by Crippen LogP contribution is -2.52. The molecular weight excluding hydrogens is 350 g/mol. The first-order valence-corrected chi connectivity index (χ1v) is 10.4. The van der Waals surface area contributed by atoms with Gasteiger partial charge in [0.1, 0.15) is 6.04 Å². The zero-order valence-corrected chi connectivity index (χ0v) is 18.3. The highest BCUT2D eigenvalue weighted by molar-refractivity contribution is 5.97. The van der Waals surface area contributed by atoms with Crippen LogP contribution in [0.25, 0.3) is 0 Å². The van der Waals surface area contributed by atoms with Crippen molar-refractivity contribution in [2.24, 2.45) is 11.3 Å². The van der Waals surface area contributed by atoms with E-state index in [9.17, 15) is 9.59 Å². The summed E-state index contributed by atoms with van der Waals surface area (Å²) in [5.41, 5.74) is 1.92. The molecule has 5 heteroatoms. The zero-order chi connectivity index (χ0) is 20.9. The fraction of sp³-hybridized carbons (Fsp3) is 0.652. The Kier molecular flexibility index (Phi) is 7.27. The number of nitrogens with one attached hydrogen (secondary N) is 3. The van der Waals surface area contributed by atoms with E-state index < -0.39 is 6.04 Å². The maximum atomic E-state index is 12.8. The number of benzene rings is 1. The average Bonchev–Trinajstić information content (AvgIpc) is 2.64. The smallest absolute Gasteiger partial charge is 0.251 e. The van der Waals surface area contributed by atoms with Gasteiger partial charge in [0.15, 0.2) is 0 Å². The number of carbonyl (C=O) groups is 2. The molecule has 1 aromatic carbocycles.